The Balaban J connectivity index is 2.18. The summed E-state index contributed by atoms with van der Waals surface area (Å²) in [6.45, 7) is 6.66. The van der Waals surface area contributed by atoms with Crippen molar-refractivity contribution < 1.29 is 0 Å². The number of aryl methyl sites for hydroxylation is 1. The molecule has 0 fully saturated rings. The van der Waals surface area contributed by atoms with Crippen LogP contribution >= 0.6 is 0 Å². The summed E-state index contributed by atoms with van der Waals surface area (Å²) in [6, 6.07) is 0.186. The first-order valence-electron chi connectivity index (χ1n) is 5.78. The van der Waals surface area contributed by atoms with E-state index in [0.29, 0.717) is 5.41 Å². The van der Waals surface area contributed by atoms with Gasteiger partial charge in [0.2, 0.25) is 0 Å². The molecule has 15 heavy (non-hydrogen) atoms. The van der Waals surface area contributed by atoms with Crippen molar-refractivity contribution >= 4 is 0 Å². The van der Waals surface area contributed by atoms with Gasteiger partial charge in [-0.3, -0.25) is 0 Å². The van der Waals surface area contributed by atoms with Crippen molar-refractivity contribution in [1.29, 1.82) is 0 Å². The summed E-state index contributed by atoms with van der Waals surface area (Å²) in [4.78, 5) is 8.05. The van der Waals surface area contributed by atoms with Gasteiger partial charge in [-0.1, -0.05) is 13.8 Å². The van der Waals surface area contributed by atoms with E-state index in [2.05, 4.69) is 23.8 Å². The highest BCUT2D eigenvalue weighted by molar-refractivity contribution is 5.20. The molecular weight excluding hydrogens is 186 g/mol. The second-order valence-corrected chi connectivity index (χ2v) is 5.63. The van der Waals surface area contributed by atoms with Crippen LogP contribution in [-0.2, 0) is 19.3 Å². The molecule has 0 spiro atoms. The lowest BCUT2D eigenvalue weighted by molar-refractivity contribution is 0.310. The van der Waals surface area contributed by atoms with Crippen LogP contribution in [0.25, 0.3) is 0 Å². The first kappa shape index (κ1) is 10.7. The number of nitrogens with zero attached hydrogens (tertiary/aromatic N) is 1. The Morgan fingerprint density at radius 2 is 2.27 bits per heavy atom. The highest BCUT2D eigenvalue weighted by Crippen LogP contribution is 2.33. The molecule has 0 aromatic carbocycles. The summed E-state index contributed by atoms with van der Waals surface area (Å²) in [5.41, 5.74) is 8.80. The second kappa shape index (κ2) is 3.63. The first-order valence-corrected chi connectivity index (χ1v) is 5.78. The highest BCUT2D eigenvalue weighted by atomic mass is 14.9. The van der Waals surface area contributed by atoms with Crippen LogP contribution in [0, 0.1) is 5.41 Å². The van der Waals surface area contributed by atoms with Crippen molar-refractivity contribution in [3.8, 4) is 0 Å². The Kier molecular flexibility index (Phi) is 2.59. The Morgan fingerprint density at radius 1 is 1.53 bits per heavy atom. The fourth-order valence-electron chi connectivity index (χ4n) is 2.28. The predicted molar refractivity (Wildman–Crippen MR) is 61.7 cm³/mol. The lowest BCUT2D eigenvalue weighted by Gasteiger charge is -2.28. The van der Waals surface area contributed by atoms with Crippen LogP contribution in [0.3, 0.4) is 0 Å². The van der Waals surface area contributed by atoms with E-state index < -0.39 is 0 Å². The van der Waals surface area contributed by atoms with Crippen molar-refractivity contribution in [2.75, 3.05) is 0 Å². The van der Waals surface area contributed by atoms with Gasteiger partial charge in [0.05, 0.1) is 5.69 Å². The summed E-state index contributed by atoms with van der Waals surface area (Å²) in [5, 5.41) is 0. The number of nitrogens with two attached hydrogens (primary N) is 1. The van der Waals surface area contributed by atoms with E-state index in [1.54, 1.807) is 0 Å². The summed E-state index contributed by atoms with van der Waals surface area (Å²) in [5.74, 6) is 1.06. The zero-order valence-corrected chi connectivity index (χ0v) is 9.93. The van der Waals surface area contributed by atoms with Crippen LogP contribution in [0.2, 0.25) is 0 Å². The molecule has 0 bridgehead atoms. The molecule has 0 amide bonds. The zero-order valence-electron chi connectivity index (χ0n) is 9.93. The van der Waals surface area contributed by atoms with Gasteiger partial charge in [0.15, 0.2) is 0 Å². The average Bonchev–Trinajstić information content (AvgIpc) is 2.42. The quantitative estimate of drug-likeness (QED) is 0.777. The van der Waals surface area contributed by atoms with Crippen molar-refractivity contribution in [3.05, 3.63) is 17.2 Å². The highest BCUT2D eigenvalue weighted by Gasteiger charge is 2.27. The van der Waals surface area contributed by atoms with Gasteiger partial charge in [-0.2, -0.15) is 0 Å². The van der Waals surface area contributed by atoms with Crippen molar-refractivity contribution in [3.63, 3.8) is 0 Å². The second-order valence-electron chi connectivity index (χ2n) is 5.63. The van der Waals surface area contributed by atoms with Crippen LogP contribution in [0.15, 0.2) is 0 Å². The third-order valence-electron chi connectivity index (χ3n) is 3.12. The van der Waals surface area contributed by atoms with E-state index in [0.717, 1.165) is 25.1 Å². The minimum absolute atomic E-state index is 0.186. The van der Waals surface area contributed by atoms with E-state index in [-0.39, 0.29) is 6.04 Å². The summed E-state index contributed by atoms with van der Waals surface area (Å²) < 4.78 is 0. The van der Waals surface area contributed by atoms with Crippen molar-refractivity contribution in [1.82, 2.24) is 9.97 Å². The Hall–Kier alpha value is -0.830. The van der Waals surface area contributed by atoms with E-state index in [9.17, 15) is 0 Å². The van der Waals surface area contributed by atoms with Crippen LogP contribution < -0.4 is 5.73 Å². The maximum atomic E-state index is 5.78. The predicted octanol–water partition coefficient (Wildman–Crippen LogP) is 1.81. The SMILES string of the molecule is CC(N)Cc1nc2c([nH]1)CC(C)(C)CC2. The molecule has 1 aromatic heterocycles. The van der Waals surface area contributed by atoms with Gasteiger partial charge < -0.3 is 10.7 Å². The number of imidazole rings is 1. The molecular formula is C12H21N3. The number of rotatable bonds is 2. The third-order valence-corrected chi connectivity index (χ3v) is 3.12. The lowest BCUT2D eigenvalue weighted by Crippen LogP contribution is -2.22. The maximum absolute atomic E-state index is 5.78. The molecule has 3 heteroatoms. The molecule has 1 heterocycles. The Morgan fingerprint density at radius 3 is 2.93 bits per heavy atom. The molecule has 0 saturated heterocycles. The van der Waals surface area contributed by atoms with Crippen LogP contribution in [-0.4, -0.2) is 16.0 Å². The molecule has 84 valence electrons. The molecule has 1 atom stereocenters. The molecule has 0 radical (unpaired) electrons. The number of fused-ring (bicyclic) bond motifs is 1. The number of hydrogen-bond donors (Lipinski definition) is 2. The number of nitrogens with one attached hydrogen (secondary N) is 1. The molecule has 3 N–H and O–H groups in total. The van der Waals surface area contributed by atoms with Gasteiger partial charge in [0.1, 0.15) is 5.82 Å². The normalized spacial score (nSPS) is 21.1. The first-order chi connectivity index (χ1) is 6.96. The molecule has 1 aromatic rings. The Labute approximate surface area is 91.5 Å². The summed E-state index contributed by atoms with van der Waals surface area (Å²) >= 11 is 0. The van der Waals surface area contributed by atoms with Crippen LogP contribution in [0.1, 0.15) is 44.4 Å². The molecule has 3 nitrogen and oxygen atoms in total. The zero-order chi connectivity index (χ0) is 11.1. The van der Waals surface area contributed by atoms with Crippen LogP contribution in [0.5, 0.6) is 0 Å². The molecule has 1 aliphatic carbocycles. The minimum atomic E-state index is 0.186. The maximum Gasteiger partial charge on any atom is 0.108 e. The largest absolute Gasteiger partial charge is 0.346 e. The number of aromatic amines is 1. The van der Waals surface area contributed by atoms with Crippen molar-refractivity contribution in [2.24, 2.45) is 11.1 Å². The minimum Gasteiger partial charge on any atom is -0.346 e. The van der Waals surface area contributed by atoms with E-state index in [1.807, 2.05) is 6.92 Å². The molecule has 1 unspecified atom stereocenters. The van der Waals surface area contributed by atoms with Gasteiger partial charge in [0.25, 0.3) is 0 Å². The van der Waals surface area contributed by atoms with Crippen LogP contribution in [0.4, 0.5) is 0 Å². The molecule has 0 saturated carbocycles. The van der Waals surface area contributed by atoms with Gasteiger partial charge in [-0.25, -0.2) is 4.98 Å². The van der Waals surface area contributed by atoms with Crippen molar-refractivity contribution in [2.45, 2.75) is 52.5 Å². The molecule has 0 aliphatic heterocycles. The summed E-state index contributed by atoms with van der Waals surface area (Å²) in [6.07, 6.45) is 4.32. The van der Waals surface area contributed by atoms with Gasteiger partial charge >= 0.3 is 0 Å². The smallest absolute Gasteiger partial charge is 0.108 e. The van der Waals surface area contributed by atoms with Gasteiger partial charge in [-0.15, -0.1) is 0 Å². The lowest BCUT2D eigenvalue weighted by atomic mass is 9.78. The van der Waals surface area contributed by atoms with Gasteiger partial charge in [-0.05, 0) is 31.6 Å². The third kappa shape index (κ3) is 2.40. The monoisotopic (exact) mass is 207 g/mol. The summed E-state index contributed by atoms with van der Waals surface area (Å²) in [7, 11) is 0. The van der Waals surface area contributed by atoms with E-state index in [4.69, 9.17) is 5.73 Å². The number of H-pyrrole nitrogens is 1. The van der Waals surface area contributed by atoms with E-state index >= 15 is 0 Å². The average molecular weight is 207 g/mol. The van der Waals surface area contributed by atoms with E-state index in [1.165, 1.54) is 17.8 Å². The molecule has 2 rings (SSSR count). The number of aromatic nitrogens is 2. The topological polar surface area (TPSA) is 54.7 Å². The Bertz CT molecular complexity index is 350. The molecule has 1 aliphatic rings. The number of hydrogen-bond acceptors (Lipinski definition) is 2. The fraction of sp³-hybridized carbons (Fsp3) is 0.750. The fourth-order valence-corrected chi connectivity index (χ4v) is 2.28. The standard InChI is InChI=1S/C12H21N3/c1-8(13)6-11-14-9-4-5-12(2,3)7-10(9)15-11/h8H,4-7,13H2,1-3H3,(H,14,15). The van der Waals surface area contributed by atoms with Gasteiger partial charge in [0, 0.05) is 18.2 Å².